The van der Waals surface area contributed by atoms with Gasteiger partial charge in [0.2, 0.25) is 0 Å². The van der Waals surface area contributed by atoms with E-state index in [1.807, 2.05) is 12.1 Å². The van der Waals surface area contributed by atoms with Gasteiger partial charge in [0, 0.05) is 12.1 Å². The van der Waals surface area contributed by atoms with E-state index in [1.165, 1.54) is 37.7 Å². The Kier molecular flexibility index (Phi) is 5.32. The number of nitrogens with one attached hydrogen (secondary N) is 1. The zero-order valence-corrected chi connectivity index (χ0v) is 14.0. The molecule has 0 aliphatic heterocycles. The van der Waals surface area contributed by atoms with Crippen LogP contribution in [0.3, 0.4) is 0 Å². The lowest BCUT2D eigenvalue weighted by molar-refractivity contribution is 0.134. The number of phenols is 1. The number of aromatic hydroxyl groups is 1. The van der Waals surface area contributed by atoms with Crippen molar-refractivity contribution in [2.24, 2.45) is 11.3 Å². The lowest BCUT2D eigenvalue weighted by Crippen LogP contribution is -2.38. The number of hydrogen-bond acceptors (Lipinski definition) is 2. The maximum absolute atomic E-state index is 9.59. The van der Waals surface area contributed by atoms with Crippen molar-refractivity contribution in [2.45, 2.75) is 71.9 Å². The Morgan fingerprint density at radius 1 is 1.24 bits per heavy atom. The maximum Gasteiger partial charge on any atom is 0.115 e. The summed E-state index contributed by atoms with van der Waals surface area (Å²) in [6.45, 7) is 9.34. The normalized spacial score (nSPS) is 24.8. The molecule has 21 heavy (non-hydrogen) atoms. The number of rotatable bonds is 5. The van der Waals surface area contributed by atoms with E-state index in [2.05, 4.69) is 39.1 Å². The molecule has 0 radical (unpaired) electrons. The molecule has 0 heterocycles. The molecule has 1 saturated carbocycles. The summed E-state index contributed by atoms with van der Waals surface area (Å²) in [6, 6.07) is 8.52. The fourth-order valence-electron chi connectivity index (χ4n) is 3.57. The highest BCUT2D eigenvalue weighted by Gasteiger charge is 2.32. The van der Waals surface area contributed by atoms with Gasteiger partial charge in [-0.3, -0.25) is 0 Å². The summed E-state index contributed by atoms with van der Waals surface area (Å²) in [5.74, 6) is 1.23. The van der Waals surface area contributed by atoms with Crippen molar-refractivity contribution in [1.29, 1.82) is 0 Å². The highest BCUT2D eigenvalue weighted by molar-refractivity contribution is 5.29. The summed E-state index contributed by atoms with van der Waals surface area (Å²) in [4.78, 5) is 0. The first-order valence-corrected chi connectivity index (χ1v) is 8.47. The van der Waals surface area contributed by atoms with Gasteiger partial charge in [-0.2, -0.15) is 0 Å². The molecule has 0 bridgehead atoms. The molecule has 0 spiro atoms. The van der Waals surface area contributed by atoms with E-state index in [0.29, 0.717) is 23.2 Å². The van der Waals surface area contributed by atoms with Crippen LogP contribution in [0, 0.1) is 11.3 Å². The average molecular weight is 289 g/mol. The molecule has 0 amide bonds. The van der Waals surface area contributed by atoms with Crippen LogP contribution in [-0.2, 0) is 0 Å². The predicted octanol–water partition coefficient (Wildman–Crippen LogP) is 5.04. The minimum absolute atomic E-state index is 0.304. The van der Waals surface area contributed by atoms with Gasteiger partial charge >= 0.3 is 0 Å². The van der Waals surface area contributed by atoms with Gasteiger partial charge in [0.05, 0.1) is 0 Å². The van der Waals surface area contributed by atoms with Gasteiger partial charge in [-0.1, -0.05) is 39.3 Å². The standard InChI is InChI=1S/C19H31NO/c1-5-19(3,4)16-9-11-17(12-10-16)20-14(2)15-7-6-8-18(21)13-15/h6-8,13-14,16-17,20-21H,5,9-12H2,1-4H3. The van der Waals surface area contributed by atoms with E-state index in [9.17, 15) is 5.11 Å². The van der Waals surface area contributed by atoms with Crippen LogP contribution < -0.4 is 5.32 Å². The molecular formula is C19H31NO. The van der Waals surface area contributed by atoms with Crippen molar-refractivity contribution in [3.05, 3.63) is 29.8 Å². The summed E-state index contributed by atoms with van der Waals surface area (Å²) in [6.07, 6.45) is 6.50. The molecule has 2 rings (SSSR count). The van der Waals surface area contributed by atoms with E-state index in [4.69, 9.17) is 0 Å². The second kappa shape index (κ2) is 6.83. The van der Waals surface area contributed by atoms with Gasteiger partial charge in [0.1, 0.15) is 5.75 Å². The van der Waals surface area contributed by atoms with Gasteiger partial charge in [-0.25, -0.2) is 0 Å². The predicted molar refractivity (Wildman–Crippen MR) is 89.5 cm³/mol. The first kappa shape index (κ1) is 16.4. The van der Waals surface area contributed by atoms with Crippen molar-refractivity contribution in [3.8, 4) is 5.75 Å². The summed E-state index contributed by atoms with van der Waals surface area (Å²) in [5.41, 5.74) is 1.66. The zero-order chi connectivity index (χ0) is 15.5. The molecule has 2 N–H and O–H groups in total. The molecule has 2 heteroatoms. The quantitative estimate of drug-likeness (QED) is 0.796. The topological polar surface area (TPSA) is 32.3 Å². The molecule has 1 aliphatic carbocycles. The fraction of sp³-hybridized carbons (Fsp3) is 0.684. The molecule has 2 nitrogen and oxygen atoms in total. The van der Waals surface area contributed by atoms with E-state index < -0.39 is 0 Å². The van der Waals surface area contributed by atoms with Crippen LogP contribution in [0.15, 0.2) is 24.3 Å². The molecule has 1 aliphatic rings. The van der Waals surface area contributed by atoms with Crippen molar-refractivity contribution >= 4 is 0 Å². The molecule has 1 fully saturated rings. The average Bonchev–Trinajstić information content (AvgIpc) is 2.48. The molecule has 1 aromatic rings. The van der Waals surface area contributed by atoms with Crippen LogP contribution in [-0.4, -0.2) is 11.1 Å². The molecule has 0 aromatic heterocycles. The van der Waals surface area contributed by atoms with Gasteiger partial charge < -0.3 is 10.4 Å². The van der Waals surface area contributed by atoms with Crippen LogP contribution in [0.25, 0.3) is 0 Å². The monoisotopic (exact) mass is 289 g/mol. The van der Waals surface area contributed by atoms with E-state index >= 15 is 0 Å². The van der Waals surface area contributed by atoms with Gasteiger partial charge in [-0.15, -0.1) is 0 Å². The first-order valence-electron chi connectivity index (χ1n) is 8.47. The minimum atomic E-state index is 0.304. The second-order valence-electron chi connectivity index (χ2n) is 7.37. The van der Waals surface area contributed by atoms with Gasteiger partial charge in [0.15, 0.2) is 0 Å². The lowest BCUT2D eigenvalue weighted by atomic mass is 9.69. The highest BCUT2D eigenvalue weighted by Crippen LogP contribution is 2.40. The number of benzene rings is 1. The number of hydrogen-bond donors (Lipinski definition) is 2. The highest BCUT2D eigenvalue weighted by atomic mass is 16.3. The molecule has 1 unspecified atom stereocenters. The minimum Gasteiger partial charge on any atom is -0.508 e. The molecule has 118 valence electrons. The van der Waals surface area contributed by atoms with Crippen LogP contribution in [0.2, 0.25) is 0 Å². The van der Waals surface area contributed by atoms with Crippen molar-refractivity contribution in [2.75, 3.05) is 0 Å². The summed E-state index contributed by atoms with van der Waals surface area (Å²) < 4.78 is 0. The Bertz CT molecular complexity index is 447. The smallest absolute Gasteiger partial charge is 0.115 e. The van der Waals surface area contributed by atoms with Gasteiger partial charge in [0.25, 0.3) is 0 Å². The molecule has 1 atom stereocenters. The molecule has 1 aromatic carbocycles. The zero-order valence-electron chi connectivity index (χ0n) is 14.0. The Hall–Kier alpha value is -1.02. The summed E-state index contributed by atoms with van der Waals surface area (Å²) in [7, 11) is 0. The van der Waals surface area contributed by atoms with Gasteiger partial charge in [-0.05, 0) is 61.6 Å². The largest absolute Gasteiger partial charge is 0.508 e. The Labute approximate surface area is 130 Å². The van der Waals surface area contributed by atoms with Crippen molar-refractivity contribution in [3.63, 3.8) is 0 Å². The van der Waals surface area contributed by atoms with E-state index in [0.717, 1.165) is 5.92 Å². The Balaban J connectivity index is 1.86. The second-order valence-corrected chi connectivity index (χ2v) is 7.37. The molecular weight excluding hydrogens is 258 g/mol. The van der Waals surface area contributed by atoms with Crippen molar-refractivity contribution < 1.29 is 5.11 Å². The van der Waals surface area contributed by atoms with E-state index in [-0.39, 0.29) is 0 Å². The van der Waals surface area contributed by atoms with Crippen LogP contribution in [0.5, 0.6) is 5.75 Å². The summed E-state index contributed by atoms with van der Waals surface area (Å²) in [5, 5.41) is 13.3. The maximum atomic E-state index is 9.59. The first-order chi connectivity index (χ1) is 9.92. The summed E-state index contributed by atoms with van der Waals surface area (Å²) >= 11 is 0. The third-order valence-electron chi connectivity index (χ3n) is 5.60. The van der Waals surface area contributed by atoms with Crippen LogP contribution in [0.4, 0.5) is 0 Å². The fourth-order valence-corrected chi connectivity index (χ4v) is 3.57. The van der Waals surface area contributed by atoms with Crippen LogP contribution >= 0.6 is 0 Å². The molecule has 0 saturated heterocycles. The van der Waals surface area contributed by atoms with E-state index in [1.54, 1.807) is 6.07 Å². The number of phenolic OH excluding ortho intramolecular Hbond substituents is 1. The van der Waals surface area contributed by atoms with Crippen molar-refractivity contribution in [1.82, 2.24) is 5.32 Å². The third kappa shape index (κ3) is 4.23. The third-order valence-corrected chi connectivity index (χ3v) is 5.60. The SMILES string of the molecule is CCC(C)(C)C1CCC(NC(C)c2cccc(O)c2)CC1. The lowest BCUT2D eigenvalue weighted by Gasteiger charge is -2.39. The Morgan fingerprint density at radius 2 is 1.90 bits per heavy atom. The van der Waals surface area contributed by atoms with Crippen LogP contribution in [0.1, 0.15) is 71.4 Å². The Morgan fingerprint density at radius 3 is 2.48 bits per heavy atom.